The van der Waals surface area contributed by atoms with Crippen molar-refractivity contribution < 1.29 is 14.3 Å². The Morgan fingerprint density at radius 1 is 1.13 bits per heavy atom. The Bertz CT molecular complexity index is 813. The summed E-state index contributed by atoms with van der Waals surface area (Å²) in [6.45, 7) is -0.00346. The zero-order chi connectivity index (χ0) is 20.6. The van der Waals surface area contributed by atoms with Crippen LogP contribution in [0.25, 0.3) is 0 Å². The molecule has 2 N–H and O–H groups in total. The Labute approximate surface area is 183 Å². The number of nitrogens with zero attached hydrogens (tertiary/aromatic N) is 3. The molecule has 0 unspecified atom stereocenters. The molecular weight excluding hydrogens is 406 g/mol. The molecule has 1 amide bonds. The maximum atomic E-state index is 12.2. The molecule has 0 radical (unpaired) electrons. The number of anilines is 2. The molecule has 2 aromatic rings. The molecule has 9 heteroatoms. The number of halogens is 1. The van der Waals surface area contributed by atoms with Gasteiger partial charge in [-0.1, -0.05) is 6.07 Å². The van der Waals surface area contributed by atoms with Crippen LogP contribution in [-0.2, 0) is 4.79 Å². The number of rotatable bonds is 8. The van der Waals surface area contributed by atoms with Gasteiger partial charge in [-0.3, -0.25) is 4.79 Å². The maximum absolute atomic E-state index is 12.2. The summed E-state index contributed by atoms with van der Waals surface area (Å²) in [5.74, 6) is 2.74. The van der Waals surface area contributed by atoms with Crippen molar-refractivity contribution in [2.45, 2.75) is 37.8 Å². The van der Waals surface area contributed by atoms with E-state index in [1.807, 2.05) is 37.2 Å². The minimum absolute atomic E-state index is 0. The topological polar surface area (TPSA) is 88.6 Å². The lowest BCUT2D eigenvalue weighted by Crippen LogP contribution is -2.42. The molecule has 0 saturated heterocycles. The fourth-order valence-electron chi connectivity index (χ4n) is 3.34. The highest BCUT2D eigenvalue weighted by atomic mass is 35.5. The first-order chi connectivity index (χ1) is 14.0. The molecule has 0 spiro atoms. The largest absolute Gasteiger partial charge is 0.497 e. The van der Waals surface area contributed by atoms with Gasteiger partial charge in [0, 0.05) is 38.4 Å². The number of hydrogen-bond donors (Lipinski definition) is 2. The Morgan fingerprint density at radius 3 is 2.53 bits per heavy atom. The molecule has 1 fully saturated rings. The summed E-state index contributed by atoms with van der Waals surface area (Å²) >= 11 is 0. The molecule has 1 aliphatic carbocycles. The number of ether oxygens (including phenoxy) is 2. The third kappa shape index (κ3) is 6.95. The fraction of sp³-hybridized carbons (Fsp3) is 0.476. The first-order valence-electron chi connectivity index (χ1n) is 9.86. The Hall–Kier alpha value is -2.74. The lowest BCUT2D eigenvalue weighted by Gasteiger charge is -2.29. The third-order valence-electron chi connectivity index (χ3n) is 4.94. The van der Waals surface area contributed by atoms with Gasteiger partial charge < -0.3 is 25.0 Å². The minimum Gasteiger partial charge on any atom is -0.497 e. The van der Waals surface area contributed by atoms with Gasteiger partial charge >= 0.3 is 0 Å². The van der Waals surface area contributed by atoms with Gasteiger partial charge in [0.15, 0.2) is 6.61 Å². The normalized spacial score (nSPS) is 18.0. The van der Waals surface area contributed by atoms with Crippen LogP contribution in [0.4, 0.5) is 11.8 Å². The second-order valence-corrected chi connectivity index (χ2v) is 7.36. The number of nitrogens with one attached hydrogen (secondary N) is 2. The molecule has 0 atom stereocenters. The van der Waals surface area contributed by atoms with Crippen molar-refractivity contribution >= 4 is 30.1 Å². The molecule has 30 heavy (non-hydrogen) atoms. The van der Waals surface area contributed by atoms with Gasteiger partial charge in [0.1, 0.15) is 17.3 Å². The van der Waals surface area contributed by atoms with Crippen LogP contribution in [-0.4, -0.2) is 55.8 Å². The Kier molecular flexibility index (Phi) is 8.98. The van der Waals surface area contributed by atoms with Crippen LogP contribution < -0.4 is 25.0 Å². The number of amides is 1. The zero-order valence-corrected chi connectivity index (χ0v) is 18.4. The number of hydrogen-bond acceptors (Lipinski definition) is 7. The molecule has 1 saturated carbocycles. The van der Waals surface area contributed by atoms with E-state index in [0.717, 1.165) is 31.5 Å². The second kappa shape index (κ2) is 11.4. The van der Waals surface area contributed by atoms with E-state index in [2.05, 4.69) is 20.6 Å². The van der Waals surface area contributed by atoms with E-state index >= 15 is 0 Å². The van der Waals surface area contributed by atoms with Crippen LogP contribution in [0.2, 0.25) is 0 Å². The van der Waals surface area contributed by atoms with Crippen molar-refractivity contribution in [2.75, 3.05) is 38.0 Å². The van der Waals surface area contributed by atoms with Crippen LogP contribution in [0.1, 0.15) is 25.7 Å². The third-order valence-corrected chi connectivity index (χ3v) is 4.94. The second-order valence-electron chi connectivity index (χ2n) is 7.36. The quantitative estimate of drug-likeness (QED) is 0.659. The van der Waals surface area contributed by atoms with E-state index < -0.39 is 0 Å². The van der Waals surface area contributed by atoms with Gasteiger partial charge in [-0.2, -0.15) is 4.98 Å². The highest BCUT2D eigenvalue weighted by molar-refractivity contribution is 5.85. The molecule has 3 rings (SSSR count). The van der Waals surface area contributed by atoms with E-state index in [9.17, 15) is 4.79 Å². The molecular formula is C21H30ClN5O3. The lowest BCUT2D eigenvalue weighted by molar-refractivity contribution is -0.124. The summed E-state index contributed by atoms with van der Waals surface area (Å²) in [6, 6.07) is 9.60. The molecule has 1 heterocycles. The lowest BCUT2D eigenvalue weighted by atomic mass is 9.91. The van der Waals surface area contributed by atoms with Gasteiger partial charge in [0.05, 0.1) is 7.11 Å². The molecule has 1 aliphatic rings. The first kappa shape index (κ1) is 23.5. The van der Waals surface area contributed by atoms with Gasteiger partial charge in [-0.05, 0) is 43.9 Å². The number of carbonyl (C=O) groups is 1. The number of aromatic nitrogens is 2. The number of carbonyl (C=O) groups excluding carboxylic acids is 1. The number of methoxy groups -OCH3 is 1. The minimum atomic E-state index is -0.105. The van der Waals surface area contributed by atoms with Gasteiger partial charge in [-0.15, -0.1) is 12.4 Å². The highest BCUT2D eigenvalue weighted by Gasteiger charge is 2.23. The summed E-state index contributed by atoms with van der Waals surface area (Å²) in [4.78, 5) is 23.0. The molecule has 0 bridgehead atoms. The predicted octanol–water partition coefficient (Wildman–Crippen LogP) is 2.89. The molecule has 0 aliphatic heterocycles. The van der Waals surface area contributed by atoms with Crippen molar-refractivity contribution in [3.8, 4) is 11.5 Å². The molecule has 164 valence electrons. The predicted molar refractivity (Wildman–Crippen MR) is 120 cm³/mol. The fourth-order valence-corrected chi connectivity index (χ4v) is 3.34. The van der Waals surface area contributed by atoms with Crippen LogP contribution in [0.3, 0.4) is 0 Å². The van der Waals surface area contributed by atoms with E-state index in [1.54, 1.807) is 25.4 Å². The van der Waals surface area contributed by atoms with Crippen molar-refractivity contribution in [1.29, 1.82) is 0 Å². The average Bonchev–Trinajstić information content (AvgIpc) is 2.74. The van der Waals surface area contributed by atoms with E-state index in [-0.39, 0.29) is 31.0 Å². The van der Waals surface area contributed by atoms with E-state index in [0.29, 0.717) is 23.5 Å². The van der Waals surface area contributed by atoms with Crippen LogP contribution in [0.15, 0.2) is 36.5 Å². The summed E-state index contributed by atoms with van der Waals surface area (Å²) in [5.41, 5.74) is 0. The standard InChI is InChI=1S/C21H29N5O3.ClH/c1-26(2)19-11-12-22-21(25-19)24-16-9-7-15(8-10-16)23-20(27)14-29-18-6-4-5-17(13-18)28-3;/h4-6,11-13,15-16H,7-10,14H2,1-3H3,(H,23,27)(H,22,24,25);1H. The van der Waals surface area contributed by atoms with Crippen molar-refractivity contribution in [1.82, 2.24) is 15.3 Å². The Balaban J connectivity index is 0.00000320. The molecule has 1 aromatic heterocycles. The zero-order valence-electron chi connectivity index (χ0n) is 17.6. The Morgan fingerprint density at radius 2 is 1.83 bits per heavy atom. The summed E-state index contributed by atoms with van der Waals surface area (Å²) < 4.78 is 10.7. The smallest absolute Gasteiger partial charge is 0.258 e. The van der Waals surface area contributed by atoms with Crippen LogP contribution >= 0.6 is 12.4 Å². The SMILES string of the molecule is COc1cccc(OCC(=O)NC2CCC(Nc3nccc(N(C)C)n3)CC2)c1.Cl. The molecule has 8 nitrogen and oxygen atoms in total. The number of benzene rings is 1. The van der Waals surface area contributed by atoms with Crippen LogP contribution in [0.5, 0.6) is 11.5 Å². The van der Waals surface area contributed by atoms with Crippen molar-refractivity contribution in [3.63, 3.8) is 0 Å². The summed E-state index contributed by atoms with van der Waals surface area (Å²) in [5, 5.41) is 6.47. The van der Waals surface area contributed by atoms with E-state index in [1.165, 1.54) is 0 Å². The first-order valence-corrected chi connectivity index (χ1v) is 9.86. The van der Waals surface area contributed by atoms with Gasteiger partial charge in [0.25, 0.3) is 5.91 Å². The molecule has 1 aromatic carbocycles. The maximum Gasteiger partial charge on any atom is 0.258 e. The summed E-state index contributed by atoms with van der Waals surface area (Å²) in [7, 11) is 5.51. The van der Waals surface area contributed by atoms with Gasteiger partial charge in [0.2, 0.25) is 5.95 Å². The van der Waals surface area contributed by atoms with E-state index in [4.69, 9.17) is 9.47 Å². The monoisotopic (exact) mass is 435 g/mol. The summed E-state index contributed by atoms with van der Waals surface area (Å²) in [6.07, 6.45) is 5.50. The van der Waals surface area contributed by atoms with Crippen LogP contribution in [0, 0.1) is 0 Å². The van der Waals surface area contributed by atoms with Crippen molar-refractivity contribution in [3.05, 3.63) is 36.5 Å². The highest BCUT2D eigenvalue weighted by Crippen LogP contribution is 2.22. The van der Waals surface area contributed by atoms with Gasteiger partial charge in [-0.25, -0.2) is 4.98 Å². The average molecular weight is 436 g/mol. The van der Waals surface area contributed by atoms with Crippen molar-refractivity contribution in [2.24, 2.45) is 0 Å².